The fourth-order valence-corrected chi connectivity index (χ4v) is 2.97. The van der Waals surface area contributed by atoms with Crippen LogP contribution in [0.4, 0.5) is 0 Å². The van der Waals surface area contributed by atoms with E-state index in [-0.39, 0.29) is 24.5 Å². The Morgan fingerprint density at radius 2 is 1.88 bits per heavy atom. The molecule has 1 unspecified atom stereocenters. The van der Waals surface area contributed by atoms with Crippen LogP contribution in [0, 0.1) is 0 Å². The summed E-state index contributed by atoms with van der Waals surface area (Å²) in [5.74, 6) is -0.0646. The molecule has 1 aliphatic rings. The van der Waals surface area contributed by atoms with Crippen LogP contribution in [0.2, 0.25) is 0 Å². The Balaban J connectivity index is 2.52. The van der Waals surface area contributed by atoms with E-state index in [1.54, 1.807) is 7.11 Å². The molecule has 7 nitrogen and oxygen atoms in total. The van der Waals surface area contributed by atoms with Crippen molar-refractivity contribution in [2.24, 2.45) is 5.73 Å². The van der Waals surface area contributed by atoms with Crippen molar-refractivity contribution in [1.29, 1.82) is 0 Å². The van der Waals surface area contributed by atoms with Crippen LogP contribution in [0.15, 0.2) is 0 Å². The number of piperazine rings is 1. The number of ether oxygens (including phenoxy) is 2. The fourth-order valence-electron chi connectivity index (χ4n) is 2.97. The van der Waals surface area contributed by atoms with Crippen LogP contribution in [0.5, 0.6) is 0 Å². The Morgan fingerprint density at radius 1 is 1.16 bits per heavy atom. The van der Waals surface area contributed by atoms with Gasteiger partial charge in [-0.1, -0.05) is 6.42 Å². The molecule has 7 heteroatoms. The molecule has 0 aromatic carbocycles. The summed E-state index contributed by atoms with van der Waals surface area (Å²) in [5.41, 5.74) is 4.99. The maximum Gasteiger partial charge on any atom is 0.320 e. The minimum absolute atomic E-state index is 0.0132. The highest BCUT2D eigenvalue weighted by Crippen LogP contribution is 2.14. The summed E-state index contributed by atoms with van der Waals surface area (Å²) < 4.78 is 10.7. The number of esters is 1. The van der Waals surface area contributed by atoms with Crippen molar-refractivity contribution in [1.82, 2.24) is 9.80 Å². The van der Waals surface area contributed by atoms with Crippen LogP contribution in [-0.2, 0) is 19.1 Å². The van der Waals surface area contributed by atoms with Crippen LogP contribution < -0.4 is 5.73 Å². The third-order valence-electron chi connectivity index (χ3n) is 4.16. The van der Waals surface area contributed by atoms with Crippen molar-refractivity contribution in [3.63, 3.8) is 0 Å². The maximum atomic E-state index is 12.4. The van der Waals surface area contributed by atoms with E-state index in [2.05, 4.69) is 4.90 Å². The summed E-state index contributed by atoms with van der Waals surface area (Å²) in [5, 5.41) is 0. The molecular weight excluding hydrogens is 322 g/mol. The van der Waals surface area contributed by atoms with Gasteiger partial charge in [0.25, 0.3) is 0 Å². The second-order valence-corrected chi connectivity index (χ2v) is 7.61. The molecule has 1 saturated heterocycles. The lowest BCUT2D eigenvalue weighted by molar-refractivity contribution is -0.158. The van der Waals surface area contributed by atoms with Gasteiger partial charge in [0.2, 0.25) is 5.91 Å². The molecule has 1 fully saturated rings. The van der Waals surface area contributed by atoms with E-state index < -0.39 is 5.60 Å². The van der Waals surface area contributed by atoms with Crippen LogP contribution in [0.3, 0.4) is 0 Å². The lowest BCUT2D eigenvalue weighted by Crippen LogP contribution is -2.57. The van der Waals surface area contributed by atoms with Crippen molar-refractivity contribution < 1.29 is 19.1 Å². The van der Waals surface area contributed by atoms with E-state index >= 15 is 0 Å². The van der Waals surface area contributed by atoms with Crippen LogP contribution in [-0.4, -0.2) is 79.8 Å². The van der Waals surface area contributed by atoms with E-state index in [9.17, 15) is 9.59 Å². The molecule has 1 amide bonds. The highest BCUT2D eigenvalue weighted by molar-refractivity contribution is 5.76. The molecule has 1 aliphatic heterocycles. The minimum Gasteiger partial charge on any atom is -0.459 e. The van der Waals surface area contributed by atoms with Crippen LogP contribution in [0.1, 0.15) is 46.5 Å². The summed E-state index contributed by atoms with van der Waals surface area (Å²) in [4.78, 5) is 28.4. The van der Waals surface area contributed by atoms with Crippen molar-refractivity contribution in [2.75, 3.05) is 46.4 Å². The van der Waals surface area contributed by atoms with E-state index in [1.807, 2.05) is 25.7 Å². The predicted octanol–water partition coefficient (Wildman–Crippen LogP) is 1.01. The summed E-state index contributed by atoms with van der Waals surface area (Å²) in [6, 6.07) is 0.0132. The van der Waals surface area contributed by atoms with Crippen molar-refractivity contribution in [3.05, 3.63) is 0 Å². The zero-order valence-electron chi connectivity index (χ0n) is 16.3. The van der Waals surface area contributed by atoms with Gasteiger partial charge in [-0.2, -0.15) is 0 Å². The molecule has 25 heavy (non-hydrogen) atoms. The molecule has 0 bridgehead atoms. The van der Waals surface area contributed by atoms with Crippen molar-refractivity contribution >= 4 is 11.9 Å². The first-order chi connectivity index (χ1) is 11.8. The highest BCUT2D eigenvalue weighted by Gasteiger charge is 2.31. The normalized spacial score (nSPS) is 19.1. The van der Waals surface area contributed by atoms with Crippen molar-refractivity contribution in [2.45, 2.75) is 58.1 Å². The molecule has 1 atom stereocenters. The molecule has 0 aromatic heterocycles. The average molecular weight is 357 g/mol. The van der Waals surface area contributed by atoms with Crippen LogP contribution in [0.25, 0.3) is 0 Å². The molecule has 1 rings (SSSR count). The van der Waals surface area contributed by atoms with Gasteiger partial charge in [-0.15, -0.1) is 0 Å². The van der Waals surface area contributed by atoms with Crippen LogP contribution >= 0.6 is 0 Å². The molecule has 0 aliphatic carbocycles. The number of nitrogens with zero attached hydrogens (tertiary/aromatic N) is 2. The van der Waals surface area contributed by atoms with E-state index in [0.29, 0.717) is 39.2 Å². The SMILES string of the molecule is COCC1CN(C(=O)CCCCCN)CCN1CC(=O)OC(C)(C)C. The largest absolute Gasteiger partial charge is 0.459 e. The number of hydrogen-bond acceptors (Lipinski definition) is 6. The van der Waals surface area contributed by atoms with Gasteiger partial charge in [0.1, 0.15) is 5.60 Å². The first kappa shape index (κ1) is 21.9. The number of methoxy groups -OCH3 is 1. The molecule has 146 valence electrons. The first-order valence-corrected chi connectivity index (χ1v) is 9.19. The van der Waals surface area contributed by atoms with E-state index in [0.717, 1.165) is 19.3 Å². The number of rotatable bonds is 9. The van der Waals surface area contributed by atoms with Gasteiger partial charge >= 0.3 is 5.97 Å². The molecule has 0 radical (unpaired) electrons. The summed E-state index contributed by atoms with van der Waals surface area (Å²) in [7, 11) is 1.64. The second-order valence-electron chi connectivity index (χ2n) is 7.61. The number of carbonyl (C=O) groups is 2. The van der Waals surface area contributed by atoms with E-state index in [1.165, 1.54) is 0 Å². The molecule has 1 heterocycles. The lowest BCUT2D eigenvalue weighted by atomic mass is 10.1. The highest BCUT2D eigenvalue weighted by atomic mass is 16.6. The number of hydrogen-bond donors (Lipinski definition) is 1. The van der Waals surface area contributed by atoms with Gasteiger partial charge in [-0.3, -0.25) is 14.5 Å². The Labute approximate surface area is 151 Å². The molecule has 0 spiro atoms. The van der Waals surface area contributed by atoms with Crippen molar-refractivity contribution in [3.8, 4) is 0 Å². The van der Waals surface area contributed by atoms with E-state index in [4.69, 9.17) is 15.2 Å². The smallest absolute Gasteiger partial charge is 0.320 e. The first-order valence-electron chi connectivity index (χ1n) is 9.19. The molecule has 0 saturated carbocycles. The monoisotopic (exact) mass is 357 g/mol. The zero-order valence-corrected chi connectivity index (χ0v) is 16.3. The number of nitrogens with two attached hydrogens (primary N) is 1. The molecule has 2 N–H and O–H groups in total. The fraction of sp³-hybridized carbons (Fsp3) is 0.889. The predicted molar refractivity (Wildman–Crippen MR) is 97.2 cm³/mol. The summed E-state index contributed by atoms with van der Waals surface area (Å²) >= 11 is 0. The molecular formula is C18H35N3O4. The minimum atomic E-state index is -0.491. The standard InChI is InChI=1S/C18H35N3O4/c1-18(2,3)25-17(23)13-20-10-11-21(12-15(20)14-24-4)16(22)8-6-5-7-9-19/h15H,5-14,19H2,1-4H3. The van der Waals surface area contributed by atoms with Gasteiger partial charge in [-0.05, 0) is 40.2 Å². The Kier molecular flexibility index (Phi) is 9.38. The lowest BCUT2D eigenvalue weighted by Gasteiger charge is -2.41. The van der Waals surface area contributed by atoms with Gasteiger partial charge in [0.05, 0.1) is 19.2 Å². The van der Waals surface area contributed by atoms with Gasteiger partial charge < -0.3 is 20.1 Å². The Morgan fingerprint density at radius 3 is 2.48 bits per heavy atom. The number of carbonyl (C=O) groups excluding carboxylic acids is 2. The maximum absolute atomic E-state index is 12.4. The summed E-state index contributed by atoms with van der Waals surface area (Å²) in [6.45, 7) is 8.85. The van der Waals surface area contributed by atoms with Gasteiger partial charge in [0.15, 0.2) is 0 Å². The number of unbranched alkanes of at least 4 members (excludes halogenated alkanes) is 2. The third-order valence-corrected chi connectivity index (χ3v) is 4.16. The Hall–Kier alpha value is -1.18. The quantitative estimate of drug-likeness (QED) is 0.490. The van der Waals surface area contributed by atoms with Gasteiger partial charge in [-0.25, -0.2) is 0 Å². The average Bonchev–Trinajstić information content (AvgIpc) is 2.51. The number of amides is 1. The zero-order chi connectivity index (χ0) is 18.9. The molecule has 0 aromatic rings. The topological polar surface area (TPSA) is 85.1 Å². The Bertz CT molecular complexity index is 423. The summed E-state index contributed by atoms with van der Waals surface area (Å²) in [6.07, 6.45) is 3.39. The second kappa shape index (κ2) is 10.7. The third kappa shape index (κ3) is 8.65. The van der Waals surface area contributed by atoms with Gasteiger partial charge in [0, 0.05) is 33.2 Å².